The smallest absolute Gasteiger partial charge is 0.412 e. The molecule has 1 amide bonds. The molecule has 0 saturated heterocycles. The predicted octanol–water partition coefficient (Wildman–Crippen LogP) is 4.92. The summed E-state index contributed by atoms with van der Waals surface area (Å²) in [6.45, 7) is 3.99. The van der Waals surface area contributed by atoms with E-state index in [2.05, 4.69) is 10.3 Å². The third kappa shape index (κ3) is 3.35. The number of anilines is 1. The molecule has 0 unspecified atom stereocenters. The van der Waals surface area contributed by atoms with Crippen LogP contribution < -0.4 is 5.32 Å². The van der Waals surface area contributed by atoms with Crippen molar-refractivity contribution in [2.45, 2.75) is 13.8 Å². The Bertz CT molecular complexity index is 909. The van der Waals surface area contributed by atoms with Crippen LogP contribution in [0.3, 0.4) is 0 Å². The lowest BCUT2D eigenvalue weighted by atomic mass is 9.98. The normalized spacial score (nSPS) is 10.6. The summed E-state index contributed by atoms with van der Waals surface area (Å²) in [4.78, 5) is 15.7. The topological polar surface area (TPSA) is 51.2 Å². The van der Waals surface area contributed by atoms with Crippen molar-refractivity contribution in [3.05, 3.63) is 60.0 Å². The molecule has 1 heterocycles. The van der Waals surface area contributed by atoms with Crippen LogP contribution in [0.25, 0.3) is 21.9 Å². The van der Waals surface area contributed by atoms with E-state index in [1.807, 2.05) is 25.1 Å². The van der Waals surface area contributed by atoms with Gasteiger partial charge in [0.1, 0.15) is 11.6 Å². The summed E-state index contributed by atoms with van der Waals surface area (Å²) < 4.78 is 18.4. The number of nitrogens with zero attached hydrogens (tertiary/aromatic N) is 1. The number of nitrogens with one attached hydrogen (secondary N) is 1. The van der Waals surface area contributed by atoms with Crippen LogP contribution in [0, 0.1) is 12.7 Å². The Hall–Kier alpha value is -2.95. The first-order valence-corrected chi connectivity index (χ1v) is 7.67. The molecule has 0 fully saturated rings. The Kier molecular flexibility index (Phi) is 4.42. The lowest BCUT2D eigenvalue weighted by Gasteiger charge is -2.09. The summed E-state index contributed by atoms with van der Waals surface area (Å²) in [6.07, 6.45) is 1.14. The van der Waals surface area contributed by atoms with Crippen LogP contribution in [0.5, 0.6) is 0 Å². The fourth-order valence-corrected chi connectivity index (χ4v) is 2.55. The number of carbonyl (C=O) groups excluding carboxylic acids is 1. The first-order chi connectivity index (χ1) is 11.6. The molecule has 0 saturated carbocycles. The van der Waals surface area contributed by atoms with Gasteiger partial charge < -0.3 is 4.74 Å². The number of aryl methyl sites for hydroxylation is 1. The summed E-state index contributed by atoms with van der Waals surface area (Å²) in [7, 11) is 0. The molecule has 5 heteroatoms. The number of carbonyl (C=O) groups is 1. The first kappa shape index (κ1) is 15.9. The fraction of sp³-hybridized carbons (Fsp3) is 0.158. The van der Waals surface area contributed by atoms with Gasteiger partial charge in [-0.3, -0.25) is 5.32 Å². The minimum absolute atomic E-state index is 0.261. The molecule has 0 bridgehead atoms. The highest BCUT2D eigenvalue weighted by molar-refractivity contribution is 5.91. The van der Waals surface area contributed by atoms with Crippen LogP contribution in [0.15, 0.2) is 48.7 Å². The van der Waals surface area contributed by atoms with E-state index in [0.717, 1.165) is 27.5 Å². The SMILES string of the molecule is CCOC(=O)Nc1cc2ccc(-c3cc(F)ccc3C)cc2cn1. The molecular weight excluding hydrogens is 307 g/mol. The van der Waals surface area contributed by atoms with Crippen molar-refractivity contribution in [3.63, 3.8) is 0 Å². The Morgan fingerprint density at radius 1 is 1.17 bits per heavy atom. The molecular formula is C19H17FN2O2. The highest BCUT2D eigenvalue weighted by Gasteiger charge is 2.07. The number of halogens is 1. The summed E-state index contributed by atoms with van der Waals surface area (Å²) >= 11 is 0. The monoisotopic (exact) mass is 324 g/mol. The molecule has 0 aliphatic rings. The van der Waals surface area contributed by atoms with Gasteiger partial charge in [-0.25, -0.2) is 14.2 Å². The van der Waals surface area contributed by atoms with E-state index in [1.165, 1.54) is 12.1 Å². The van der Waals surface area contributed by atoms with Gasteiger partial charge in [0.2, 0.25) is 0 Å². The van der Waals surface area contributed by atoms with Gasteiger partial charge in [0.15, 0.2) is 0 Å². The zero-order chi connectivity index (χ0) is 17.1. The maximum atomic E-state index is 13.5. The number of hydrogen-bond donors (Lipinski definition) is 1. The summed E-state index contributed by atoms with van der Waals surface area (Å²) in [6, 6.07) is 12.3. The van der Waals surface area contributed by atoms with E-state index in [-0.39, 0.29) is 5.82 Å². The van der Waals surface area contributed by atoms with Crippen LogP contribution in [0.1, 0.15) is 12.5 Å². The highest BCUT2D eigenvalue weighted by atomic mass is 19.1. The largest absolute Gasteiger partial charge is 0.450 e. The number of hydrogen-bond acceptors (Lipinski definition) is 3. The van der Waals surface area contributed by atoms with Gasteiger partial charge in [-0.15, -0.1) is 0 Å². The Morgan fingerprint density at radius 2 is 2.00 bits per heavy atom. The first-order valence-electron chi connectivity index (χ1n) is 7.67. The number of fused-ring (bicyclic) bond motifs is 1. The van der Waals surface area contributed by atoms with Gasteiger partial charge in [-0.1, -0.05) is 18.2 Å². The van der Waals surface area contributed by atoms with Crippen molar-refractivity contribution >= 4 is 22.7 Å². The second-order valence-electron chi connectivity index (χ2n) is 5.44. The molecule has 1 N–H and O–H groups in total. The molecule has 3 rings (SSSR count). The molecule has 4 nitrogen and oxygen atoms in total. The average Bonchev–Trinajstić information content (AvgIpc) is 2.57. The predicted molar refractivity (Wildman–Crippen MR) is 92.5 cm³/mol. The van der Waals surface area contributed by atoms with Crippen LogP contribution in [-0.4, -0.2) is 17.7 Å². The minimum Gasteiger partial charge on any atom is -0.450 e. The van der Waals surface area contributed by atoms with Crippen LogP contribution in [-0.2, 0) is 4.74 Å². The van der Waals surface area contributed by atoms with E-state index in [4.69, 9.17) is 4.74 Å². The summed E-state index contributed by atoms with van der Waals surface area (Å²) in [5.41, 5.74) is 2.78. The second kappa shape index (κ2) is 6.66. The zero-order valence-electron chi connectivity index (χ0n) is 13.5. The number of ether oxygens (including phenoxy) is 1. The Balaban J connectivity index is 1.95. The van der Waals surface area contributed by atoms with Gasteiger partial charge in [0.05, 0.1) is 6.61 Å². The third-order valence-electron chi connectivity index (χ3n) is 3.74. The van der Waals surface area contributed by atoms with Crippen LogP contribution in [0.4, 0.5) is 15.0 Å². The van der Waals surface area contributed by atoms with Gasteiger partial charge >= 0.3 is 6.09 Å². The quantitative estimate of drug-likeness (QED) is 0.744. The Labute approximate surface area is 139 Å². The molecule has 0 spiro atoms. The summed E-state index contributed by atoms with van der Waals surface area (Å²) in [5.74, 6) is 0.165. The zero-order valence-corrected chi connectivity index (χ0v) is 13.5. The standard InChI is InChI=1S/C19H17FN2O2/c1-3-24-19(23)22-18-9-13-5-6-14(8-15(13)11-21-18)17-10-16(20)7-4-12(17)2/h4-11H,3H2,1-2H3,(H,21,22,23). The Morgan fingerprint density at radius 3 is 2.79 bits per heavy atom. The van der Waals surface area contributed by atoms with Crippen molar-refractivity contribution in [3.8, 4) is 11.1 Å². The maximum absolute atomic E-state index is 13.5. The lowest BCUT2D eigenvalue weighted by molar-refractivity contribution is 0.168. The number of aromatic nitrogens is 1. The van der Waals surface area contributed by atoms with E-state index in [0.29, 0.717) is 12.4 Å². The van der Waals surface area contributed by atoms with E-state index < -0.39 is 6.09 Å². The maximum Gasteiger partial charge on any atom is 0.412 e. The van der Waals surface area contributed by atoms with Crippen molar-refractivity contribution in [2.24, 2.45) is 0 Å². The molecule has 24 heavy (non-hydrogen) atoms. The molecule has 0 aliphatic heterocycles. The van der Waals surface area contributed by atoms with Crippen molar-refractivity contribution < 1.29 is 13.9 Å². The number of rotatable bonds is 3. The van der Waals surface area contributed by atoms with Crippen molar-refractivity contribution in [1.82, 2.24) is 4.98 Å². The van der Waals surface area contributed by atoms with Gasteiger partial charge in [-0.05, 0) is 60.2 Å². The van der Waals surface area contributed by atoms with Crippen LogP contribution >= 0.6 is 0 Å². The van der Waals surface area contributed by atoms with Crippen LogP contribution in [0.2, 0.25) is 0 Å². The number of pyridine rings is 1. The van der Waals surface area contributed by atoms with E-state index >= 15 is 0 Å². The summed E-state index contributed by atoms with van der Waals surface area (Å²) in [5, 5.41) is 4.41. The minimum atomic E-state index is -0.531. The van der Waals surface area contributed by atoms with Gasteiger partial charge in [0.25, 0.3) is 0 Å². The third-order valence-corrected chi connectivity index (χ3v) is 3.74. The number of amides is 1. The lowest BCUT2D eigenvalue weighted by Crippen LogP contribution is -2.14. The van der Waals surface area contributed by atoms with Gasteiger partial charge in [0, 0.05) is 11.6 Å². The molecule has 2 aromatic carbocycles. The number of benzene rings is 2. The highest BCUT2D eigenvalue weighted by Crippen LogP contribution is 2.28. The second-order valence-corrected chi connectivity index (χ2v) is 5.44. The molecule has 1 aromatic heterocycles. The van der Waals surface area contributed by atoms with Crippen molar-refractivity contribution in [2.75, 3.05) is 11.9 Å². The molecule has 0 aliphatic carbocycles. The van der Waals surface area contributed by atoms with Crippen molar-refractivity contribution in [1.29, 1.82) is 0 Å². The molecule has 0 radical (unpaired) electrons. The van der Waals surface area contributed by atoms with E-state index in [1.54, 1.807) is 25.3 Å². The molecule has 122 valence electrons. The molecule has 0 atom stereocenters. The van der Waals surface area contributed by atoms with E-state index in [9.17, 15) is 9.18 Å². The van der Waals surface area contributed by atoms with Gasteiger partial charge in [-0.2, -0.15) is 0 Å². The average molecular weight is 324 g/mol. The fourth-order valence-electron chi connectivity index (χ4n) is 2.55. The molecule has 3 aromatic rings.